The van der Waals surface area contributed by atoms with Crippen molar-refractivity contribution in [2.75, 3.05) is 0 Å². The second kappa shape index (κ2) is 10.2. The van der Waals surface area contributed by atoms with E-state index < -0.39 is 51.3 Å². The van der Waals surface area contributed by atoms with E-state index in [0.717, 1.165) is 34.9 Å². The number of carboxylic acids is 1. The Morgan fingerprint density at radius 3 is 2.28 bits per heavy atom. The maximum atomic E-state index is 14.5. The molecule has 0 atom stereocenters. The molecule has 1 heterocycles. The average Bonchev–Trinajstić information content (AvgIpc) is 2.87. The largest absolute Gasteiger partial charge is 0.478 e. The number of nitro groups is 1. The van der Waals surface area contributed by atoms with Gasteiger partial charge in [-0.05, 0) is 41.0 Å². The van der Waals surface area contributed by atoms with Gasteiger partial charge < -0.3 is 20.3 Å². The van der Waals surface area contributed by atoms with E-state index in [2.05, 4.69) is 4.98 Å². The predicted molar refractivity (Wildman–Crippen MR) is 124 cm³/mol. The number of carbonyl (C=O) groups is 1. The number of non-ortho nitro benzene ring substituents is 1. The van der Waals surface area contributed by atoms with Crippen LogP contribution in [0.1, 0.15) is 15.9 Å². The molecule has 0 aliphatic rings. The van der Waals surface area contributed by atoms with Crippen molar-refractivity contribution in [3.8, 4) is 34.4 Å². The molecule has 3 aromatic carbocycles. The highest BCUT2D eigenvalue weighted by Crippen LogP contribution is 2.34. The second-order valence-corrected chi connectivity index (χ2v) is 7.44. The first-order valence-electron chi connectivity index (χ1n) is 10.4. The minimum atomic E-state index is -1.48. The number of pyridine rings is 1. The van der Waals surface area contributed by atoms with Crippen LogP contribution in [0.2, 0.25) is 0 Å². The summed E-state index contributed by atoms with van der Waals surface area (Å²) in [5, 5.41) is 20.4. The summed E-state index contributed by atoms with van der Waals surface area (Å²) in [7, 11) is 0. The fourth-order valence-corrected chi connectivity index (χ4v) is 3.30. The highest BCUT2D eigenvalue weighted by Gasteiger charge is 2.21. The summed E-state index contributed by atoms with van der Waals surface area (Å²) in [6, 6.07) is 17.2. The summed E-state index contributed by atoms with van der Waals surface area (Å²) < 4.78 is 39.6. The molecule has 0 amide bonds. The van der Waals surface area contributed by atoms with Crippen LogP contribution < -0.4 is 15.2 Å². The number of benzene rings is 3. The van der Waals surface area contributed by atoms with E-state index in [0.29, 0.717) is 12.6 Å². The van der Waals surface area contributed by atoms with Crippen LogP contribution in [0.15, 0.2) is 72.8 Å². The van der Waals surface area contributed by atoms with Crippen molar-refractivity contribution in [2.24, 2.45) is 5.73 Å². The van der Waals surface area contributed by atoms with Gasteiger partial charge in [-0.1, -0.05) is 30.3 Å². The highest BCUT2D eigenvalue weighted by molar-refractivity contribution is 5.91. The molecule has 0 fully saturated rings. The van der Waals surface area contributed by atoms with Crippen LogP contribution in [0.4, 0.5) is 14.5 Å². The Kier molecular flexibility index (Phi) is 6.84. The van der Waals surface area contributed by atoms with Gasteiger partial charge in [0.15, 0.2) is 17.4 Å². The fraction of sp³-hybridized carbons (Fsp3) is 0.0400. The summed E-state index contributed by atoms with van der Waals surface area (Å²) in [5.74, 6) is -5.75. The zero-order valence-electron chi connectivity index (χ0n) is 18.4. The number of nitrogens with two attached hydrogens (primary N) is 1. The van der Waals surface area contributed by atoms with Crippen LogP contribution in [0.25, 0.3) is 11.1 Å². The monoisotopic (exact) mass is 493 g/mol. The normalized spacial score (nSPS) is 10.6. The standard InChI is InChI=1S/C25H17F2N3O6/c26-20-12-21(27)24(36-22-11-17(30(33)34)7-8-19(22)25(31)32)29-23(20)35-18-6-2-5-16(10-18)15-4-1-3-14(9-15)13-28/h1-12H,13,28H2,(H,31,32). The van der Waals surface area contributed by atoms with E-state index in [1.807, 2.05) is 24.3 Å². The Hall–Kier alpha value is -4.90. The smallest absolute Gasteiger partial charge is 0.339 e. The quantitative estimate of drug-likeness (QED) is 0.236. The molecule has 0 spiro atoms. The molecule has 11 heteroatoms. The second-order valence-electron chi connectivity index (χ2n) is 7.44. The third-order valence-electron chi connectivity index (χ3n) is 5.02. The van der Waals surface area contributed by atoms with Crippen molar-refractivity contribution in [3.63, 3.8) is 0 Å². The molecular weight excluding hydrogens is 476 g/mol. The molecular formula is C25H17F2N3O6. The number of aromatic carboxylic acids is 1. The highest BCUT2D eigenvalue weighted by atomic mass is 19.1. The number of nitrogens with zero attached hydrogens (tertiary/aromatic N) is 2. The number of carboxylic acid groups (broad SMARTS) is 1. The number of rotatable bonds is 8. The maximum absolute atomic E-state index is 14.5. The SMILES string of the molecule is NCc1cccc(-c2cccc(Oc3nc(Oc4cc([N+](=O)[O-])ccc4C(=O)O)c(F)cc3F)c2)c1. The molecule has 0 aliphatic carbocycles. The van der Waals surface area contributed by atoms with Crippen molar-refractivity contribution < 1.29 is 33.1 Å². The van der Waals surface area contributed by atoms with Crippen molar-refractivity contribution in [2.45, 2.75) is 6.54 Å². The maximum Gasteiger partial charge on any atom is 0.339 e. The molecule has 3 N–H and O–H groups in total. The van der Waals surface area contributed by atoms with Gasteiger partial charge in [0, 0.05) is 18.7 Å². The Morgan fingerprint density at radius 2 is 1.61 bits per heavy atom. The molecule has 4 rings (SSSR count). The van der Waals surface area contributed by atoms with Crippen LogP contribution in [0.3, 0.4) is 0 Å². The van der Waals surface area contributed by atoms with Crippen molar-refractivity contribution in [3.05, 3.63) is 106 Å². The first-order valence-corrected chi connectivity index (χ1v) is 10.4. The molecule has 0 saturated heterocycles. The van der Waals surface area contributed by atoms with Gasteiger partial charge in [0.25, 0.3) is 17.4 Å². The molecule has 36 heavy (non-hydrogen) atoms. The first-order chi connectivity index (χ1) is 17.2. The molecule has 0 saturated carbocycles. The van der Waals surface area contributed by atoms with Gasteiger partial charge in [0.1, 0.15) is 11.3 Å². The van der Waals surface area contributed by atoms with Crippen molar-refractivity contribution in [1.29, 1.82) is 0 Å². The lowest BCUT2D eigenvalue weighted by molar-refractivity contribution is -0.384. The average molecular weight is 493 g/mol. The Bertz CT molecular complexity index is 1480. The molecule has 0 aliphatic heterocycles. The van der Waals surface area contributed by atoms with Gasteiger partial charge in [-0.25, -0.2) is 13.6 Å². The van der Waals surface area contributed by atoms with Crippen LogP contribution >= 0.6 is 0 Å². The topological polar surface area (TPSA) is 138 Å². The third-order valence-corrected chi connectivity index (χ3v) is 5.02. The minimum Gasteiger partial charge on any atom is -0.478 e. The van der Waals surface area contributed by atoms with E-state index >= 15 is 0 Å². The lowest BCUT2D eigenvalue weighted by Crippen LogP contribution is -2.04. The van der Waals surface area contributed by atoms with Crippen molar-refractivity contribution in [1.82, 2.24) is 4.98 Å². The van der Waals surface area contributed by atoms with E-state index in [9.17, 15) is 28.8 Å². The van der Waals surface area contributed by atoms with E-state index in [1.165, 1.54) is 6.07 Å². The summed E-state index contributed by atoms with van der Waals surface area (Å²) in [6.07, 6.45) is 0. The van der Waals surface area contributed by atoms with Gasteiger partial charge in [0.05, 0.1) is 11.0 Å². The molecule has 4 aromatic rings. The van der Waals surface area contributed by atoms with Crippen LogP contribution in [0, 0.1) is 21.7 Å². The van der Waals surface area contributed by atoms with E-state index in [1.54, 1.807) is 18.2 Å². The first kappa shape index (κ1) is 24.2. The number of ether oxygens (including phenoxy) is 2. The van der Waals surface area contributed by atoms with Crippen molar-refractivity contribution >= 4 is 11.7 Å². The molecule has 0 radical (unpaired) electrons. The number of aromatic nitrogens is 1. The Labute approximate surface area is 202 Å². The lowest BCUT2D eigenvalue weighted by atomic mass is 10.0. The lowest BCUT2D eigenvalue weighted by Gasteiger charge is -2.12. The number of nitro benzene ring substituents is 1. The minimum absolute atomic E-state index is 0.177. The number of hydrogen-bond donors (Lipinski definition) is 2. The van der Waals surface area contributed by atoms with Crippen LogP contribution in [-0.2, 0) is 6.54 Å². The number of hydrogen-bond acceptors (Lipinski definition) is 7. The summed E-state index contributed by atoms with van der Waals surface area (Å²) >= 11 is 0. The van der Waals surface area contributed by atoms with Gasteiger partial charge in [0.2, 0.25) is 0 Å². The third kappa shape index (κ3) is 5.26. The Morgan fingerprint density at radius 1 is 0.944 bits per heavy atom. The molecule has 182 valence electrons. The summed E-state index contributed by atoms with van der Waals surface area (Å²) in [6.45, 7) is 0.353. The van der Waals surface area contributed by atoms with Gasteiger partial charge in [-0.15, -0.1) is 0 Å². The predicted octanol–water partition coefficient (Wildman–Crippen LogP) is 5.68. The van der Waals surface area contributed by atoms with Crippen LogP contribution in [-0.4, -0.2) is 21.0 Å². The number of halogens is 2. The zero-order chi connectivity index (χ0) is 25.8. The van der Waals surface area contributed by atoms with E-state index in [-0.39, 0.29) is 5.75 Å². The molecule has 0 unspecified atom stereocenters. The Balaban J connectivity index is 1.67. The summed E-state index contributed by atoms with van der Waals surface area (Å²) in [5.41, 5.74) is 7.20. The van der Waals surface area contributed by atoms with E-state index in [4.69, 9.17) is 15.2 Å². The molecule has 1 aromatic heterocycles. The molecule has 0 bridgehead atoms. The van der Waals surface area contributed by atoms with Gasteiger partial charge in [-0.3, -0.25) is 10.1 Å². The van der Waals surface area contributed by atoms with Gasteiger partial charge in [-0.2, -0.15) is 4.98 Å². The summed E-state index contributed by atoms with van der Waals surface area (Å²) in [4.78, 5) is 25.4. The van der Waals surface area contributed by atoms with Crippen LogP contribution in [0.5, 0.6) is 23.3 Å². The fourth-order valence-electron chi connectivity index (χ4n) is 3.30. The van der Waals surface area contributed by atoms with Gasteiger partial charge >= 0.3 is 5.97 Å². The zero-order valence-corrected chi connectivity index (χ0v) is 18.4. The molecule has 9 nitrogen and oxygen atoms in total.